The van der Waals surface area contributed by atoms with Gasteiger partial charge in [-0.1, -0.05) is 27.2 Å². The van der Waals surface area contributed by atoms with Gasteiger partial charge in [-0.25, -0.2) is 0 Å². The van der Waals surface area contributed by atoms with Gasteiger partial charge in [0.2, 0.25) is 0 Å². The van der Waals surface area contributed by atoms with E-state index in [1.807, 2.05) is 0 Å². The zero-order valence-corrected chi connectivity index (χ0v) is 11.6. The summed E-state index contributed by atoms with van der Waals surface area (Å²) in [6.07, 6.45) is 5.51. The maximum Gasteiger partial charge on any atom is 0.0975 e. The van der Waals surface area contributed by atoms with Crippen LogP contribution in [0.2, 0.25) is 0 Å². The van der Waals surface area contributed by atoms with E-state index in [1.165, 1.54) is 25.7 Å². The van der Waals surface area contributed by atoms with E-state index in [4.69, 9.17) is 4.74 Å². The van der Waals surface area contributed by atoms with Gasteiger partial charge in [-0.3, -0.25) is 0 Å². The lowest BCUT2D eigenvalue weighted by atomic mass is 9.47. The Kier molecular flexibility index (Phi) is 2.30. The Hall–Kier alpha value is -0.0800. The molecule has 2 aliphatic carbocycles. The first kappa shape index (κ1) is 12.0. The van der Waals surface area contributed by atoms with Crippen LogP contribution < -0.4 is 0 Å². The van der Waals surface area contributed by atoms with Crippen LogP contribution in [-0.2, 0) is 4.74 Å². The third-order valence-electron chi connectivity index (χ3n) is 6.37. The Balaban J connectivity index is 1.99. The fraction of sp³-hybridized carbons (Fsp3) is 1.00. The Bertz CT molecular complexity index is 338. The topological polar surface area (TPSA) is 32.8 Å². The van der Waals surface area contributed by atoms with Crippen molar-refractivity contribution in [3.8, 4) is 0 Å². The van der Waals surface area contributed by atoms with Gasteiger partial charge in [-0.05, 0) is 42.9 Å². The number of epoxide rings is 1. The van der Waals surface area contributed by atoms with Crippen molar-refractivity contribution in [2.24, 2.45) is 22.7 Å². The van der Waals surface area contributed by atoms with Gasteiger partial charge in [0.05, 0.1) is 11.7 Å². The molecule has 17 heavy (non-hydrogen) atoms. The number of aliphatic hydroxyl groups excluding tert-OH is 1. The average Bonchev–Trinajstić information content (AvgIpc) is 2.86. The van der Waals surface area contributed by atoms with Crippen molar-refractivity contribution in [3.05, 3.63) is 0 Å². The monoisotopic (exact) mass is 238 g/mol. The van der Waals surface area contributed by atoms with Crippen molar-refractivity contribution in [1.29, 1.82) is 0 Å². The maximum absolute atomic E-state index is 9.85. The molecule has 0 amide bonds. The zero-order valence-electron chi connectivity index (χ0n) is 11.6. The van der Waals surface area contributed by atoms with Crippen molar-refractivity contribution < 1.29 is 9.84 Å². The Morgan fingerprint density at radius 2 is 1.88 bits per heavy atom. The van der Waals surface area contributed by atoms with Crippen LogP contribution in [-0.4, -0.2) is 23.4 Å². The van der Waals surface area contributed by atoms with E-state index in [0.29, 0.717) is 23.4 Å². The van der Waals surface area contributed by atoms with Gasteiger partial charge in [0.25, 0.3) is 0 Å². The van der Waals surface area contributed by atoms with Crippen LogP contribution in [0.15, 0.2) is 0 Å². The summed E-state index contributed by atoms with van der Waals surface area (Å²) in [6.45, 7) is 9.73. The van der Waals surface area contributed by atoms with Crippen molar-refractivity contribution in [2.75, 3.05) is 6.61 Å². The minimum absolute atomic E-state index is 0.0204. The van der Waals surface area contributed by atoms with Crippen molar-refractivity contribution in [3.63, 3.8) is 0 Å². The molecule has 1 N–H and O–H groups in total. The van der Waals surface area contributed by atoms with Crippen molar-refractivity contribution in [2.45, 2.75) is 65.1 Å². The molecule has 3 fully saturated rings. The molecular weight excluding hydrogens is 212 g/mol. The molecule has 2 nitrogen and oxygen atoms in total. The number of hydrogen-bond acceptors (Lipinski definition) is 2. The number of hydrogen-bond donors (Lipinski definition) is 1. The second-order valence-corrected chi connectivity index (χ2v) is 7.66. The van der Waals surface area contributed by atoms with Crippen LogP contribution in [0, 0.1) is 22.7 Å². The van der Waals surface area contributed by atoms with Gasteiger partial charge in [0.1, 0.15) is 0 Å². The molecule has 3 aliphatic rings. The Morgan fingerprint density at radius 3 is 2.53 bits per heavy atom. The Morgan fingerprint density at radius 1 is 1.18 bits per heavy atom. The molecule has 0 radical (unpaired) electrons. The Labute approximate surface area is 105 Å². The van der Waals surface area contributed by atoms with Crippen molar-refractivity contribution >= 4 is 0 Å². The van der Waals surface area contributed by atoms with Crippen molar-refractivity contribution in [1.82, 2.24) is 0 Å². The van der Waals surface area contributed by atoms with Crippen LogP contribution in [0.25, 0.3) is 0 Å². The molecule has 0 aromatic heterocycles. The first-order valence-corrected chi connectivity index (χ1v) is 7.13. The van der Waals surface area contributed by atoms with Gasteiger partial charge in [0, 0.05) is 12.5 Å². The lowest BCUT2D eigenvalue weighted by molar-refractivity contribution is -0.0926. The van der Waals surface area contributed by atoms with Gasteiger partial charge in [0.15, 0.2) is 0 Å². The highest BCUT2D eigenvalue weighted by Gasteiger charge is 2.69. The van der Waals surface area contributed by atoms with Crippen LogP contribution >= 0.6 is 0 Å². The third-order valence-corrected chi connectivity index (χ3v) is 6.37. The minimum Gasteiger partial charge on any atom is -0.396 e. The molecule has 2 heteroatoms. The maximum atomic E-state index is 9.85. The summed E-state index contributed by atoms with van der Waals surface area (Å²) >= 11 is 0. The SMILES string of the molecule is CC1(C)CCC[C@]2(C)[C@@H](CO)[C@]3(C)O[C@@H]3C[C@@H]12. The lowest BCUT2D eigenvalue weighted by Gasteiger charge is -2.57. The van der Waals surface area contributed by atoms with Crippen LogP contribution in [0.1, 0.15) is 53.4 Å². The summed E-state index contributed by atoms with van der Waals surface area (Å²) in [5.74, 6) is 1.04. The summed E-state index contributed by atoms with van der Waals surface area (Å²) in [4.78, 5) is 0. The fourth-order valence-corrected chi connectivity index (χ4v) is 5.29. The average molecular weight is 238 g/mol. The number of rotatable bonds is 1. The molecule has 2 saturated carbocycles. The molecule has 1 saturated heterocycles. The number of aliphatic hydroxyl groups is 1. The van der Waals surface area contributed by atoms with E-state index in [1.54, 1.807) is 0 Å². The molecule has 1 aliphatic heterocycles. The summed E-state index contributed by atoms with van der Waals surface area (Å²) in [7, 11) is 0. The molecule has 0 aromatic carbocycles. The molecule has 0 aromatic rings. The van der Waals surface area contributed by atoms with E-state index >= 15 is 0 Å². The van der Waals surface area contributed by atoms with Gasteiger partial charge >= 0.3 is 0 Å². The van der Waals surface area contributed by atoms with Crippen LogP contribution in [0.5, 0.6) is 0 Å². The summed E-state index contributed by atoms with van der Waals surface area (Å²) in [6, 6.07) is 0. The van der Waals surface area contributed by atoms with Gasteiger partial charge in [-0.2, -0.15) is 0 Å². The van der Waals surface area contributed by atoms with E-state index in [0.717, 1.165) is 0 Å². The van der Waals surface area contributed by atoms with E-state index in [2.05, 4.69) is 27.7 Å². The number of fused-ring (bicyclic) bond motifs is 2. The first-order chi connectivity index (χ1) is 7.84. The normalized spacial score (nSPS) is 55.9. The van der Waals surface area contributed by atoms with Crippen LogP contribution in [0.4, 0.5) is 0 Å². The highest BCUT2D eigenvalue weighted by molar-refractivity contribution is 5.17. The summed E-state index contributed by atoms with van der Waals surface area (Å²) in [5.41, 5.74) is 0.666. The van der Waals surface area contributed by atoms with E-state index in [9.17, 15) is 5.11 Å². The smallest absolute Gasteiger partial charge is 0.0975 e. The molecule has 0 bridgehead atoms. The molecule has 3 rings (SSSR count). The highest BCUT2D eigenvalue weighted by atomic mass is 16.6. The van der Waals surface area contributed by atoms with Gasteiger partial charge < -0.3 is 9.84 Å². The van der Waals surface area contributed by atoms with E-state index in [-0.39, 0.29) is 17.6 Å². The predicted octanol–water partition coefficient (Wildman–Crippen LogP) is 2.99. The standard InChI is InChI=1S/C15H26O2/c1-13(2)6-5-7-14(3)10(13)8-12-15(4,17-12)11(14)9-16/h10-12,16H,5-9H2,1-4H3/t10-,11+,12+,14-,15-/m0/s1. The fourth-order valence-electron chi connectivity index (χ4n) is 5.29. The van der Waals surface area contributed by atoms with Crippen LogP contribution in [0.3, 0.4) is 0 Å². The highest BCUT2D eigenvalue weighted by Crippen LogP contribution is 2.67. The molecule has 1 heterocycles. The third kappa shape index (κ3) is 1.40. The molecule has 0 unspecified atom stereocenters. The largest absolute Gasteiger partial charge is 0.396 e. The van der Waals surface area contributed by atoms with Gasteiger partial charge in [-0.15, -0.1) is 0 Å². The molecule has 5 atom stereocenters. The first-order valence-electron chi connectivity index (χ1n) is 7.13. The second kappa shape index (κ2) is 3.27. The molecule has 98 valence electrons. The van der Waals surface area contributed by atoms with E-state index < -0.39 is 0 Å². The summed E-state index contributed by atoms with van der Waals surface area (Å²) in [5, 5.41) is 9.85. The minimum atomic E-state index is -0.0204. The molecular formula is C15H26O2. The number of ether oxygens (including phenoxy) is 1. The quantitative estimate of drug-likeness (QED) is 0.712. The summed E-state index contributed by atoms with van der Waals surface area (Å²) < 4.78 is 5.96. The zero-order chi connectivity index (χ0) is 12.5. The predicted molar refractivity (Wildman–Crippen MR) is 67.7 cm³/mol. The molecule has 0 spiro atoms. The lowest BCUT2D eigenvalue weighted by Crippen LogP contribution is -2.55. The second-order valence-electron chi connectivity index (χ2n) is 7.66.